The lowest BCUT2D eigenvalue weighted by molar-refractivity contribution is -0.384. The molecule has 2 aromatic carbocycles. The zero-order valence-electron chi connectivity index (χ0n) is 17.2. The fourth-order valence-electron chi connectivity index (χ4n) is 3.43. The topological polar surface area (TPSA) is 168 Å². The molecule has 12 heteroatoms. The summed E-state index contributed by atoms with van der Waals surface area (Å²) in [5.41, 5.74) is 0.113. The van der Waals surface area contributed by atoms with Crippen LogP contribution in [-0.2, 0) is 9.59 Å². The number of amides is 2. The molecule has 0 aliphatic carbocycles. The summed E-state index contributed by atoms with van der Waals surface area (Å²) in [6.07, 6.45) is -0.254. The van der Waals surface area contributed by atoms with Crippen molar-refractivity contribution < 1.29 is 19.2 Å². The molecule has 0 saturated heterocycles. The largest absolute Gasteiger partial charge is 0.495 e. The zero-order valence-corrected chi connectivity index (χ0v) is 17.2. The first-order valence-corrected chi connectivity index (χ1v) is 9.75. The van der Waals surface area contributed by atoms with Crippen LogP contribution in [0.2, 0.25) is 0 Å². The number of nitro groups is 1. The predicted molar refractivity (Wildman–Crippen MR) is 119 cm³/mol. The number of aromatic amines is 1. The van der Waals surface area contributed by atoms with Crippen molar-refractivity contribution in [1.82, 2.24) is 9.97 Å². The number of nitrogens with one attached hydrogen (secondary N) is 4. The van der Waals surface area contributed by atoms with Crippen molar-refractivity contribution in [3.63, 3.8) is 0 Å². The second kappa shape index (κ2) is 8.78. The van der Waals surface area contributed by atoms with Gasteiger partial charge in [-0.1, -0.05) is 12.1 Å². The van der Waals surface area contributed by atoms with Crippen molar-refractivity contribution in [3.05, 3.63) is 74.6 Å². The van der Waals surface area contributed by atoms with Crippen LogP contribution in [0.1, 0.15) is 17.9 Å². The van der Waals surface area contributed by atoms with Gasteiger partial charge < -0.3 is 20.7 Å². The number of methoxy groups -OCH3 is 1. The highest BCUT2D eigenvalue weighted by molar-refractivity contribution is 6.04. The molecule has 1 atom stereocenters. The van der Waals surface area contributed by atoms with Gasteiger partial charge in [-0.15, -0.1) is 0 Å². The molecule has 1 aromatic heterocycles. The first kappa shape index (κ1) is 21.5. The van der Waals surface area contributed by atoms with Gasteiger partial charge in [-0.2, -0.15) is 4.98 Å². The third kappa shape index (κ3) is 4.49. The van der Waals surface area contributed by atoms with Crippen molar-refractivity contribution in [2.24, 2.45) is 0 Å². The minimum absolute atomic E-state index is 0.0135. The Morgan fingerprint density at radius 1 is 1.18 bits per heavy atom. The number of H-pyrrole nitrogens is 1. The Morgan fingerprint density at radius 3 is 2.61 bits per heavy atom. The lowest BCUT2D eigenvalue weighted by atomic mass is 9.92. The average Bonchev–Trinajstić information content (AvgIpc) is 2.79. The van der Waals surface area contributed by atoms with Gasteiger partial charge in [0.1, 0.15) is 11.6 Å². The van der Waals surface area contributed by atoms with Crippen LogP contribution in [0.5, 0.6) is 5.75 Å². The second-order valence-corrected chi connectivity index (χ2v) is 7.10. The Hall–Kier alpha value is -4.74. The van der Waals surface area contributed by atoms with Gasteiger partial charge in [0, 0.05) is 24.2 Å². The molecule has 2 heterocycles. The van der Waals surface area contributed by atoms with Crippen molar-refractivity contribution in [3.8, 4) is 5.75 Å². The maximum Gasteiger partial charge on any atom is 0.269 e. The van der Waals surface area contributed by atoms with E-state index >= 15 is 0 Å². The third-order valence-corrected chi connectivity index (χ3v) is 4.97. The first-order valence-electron chi connectivity index (χ1n) is 9.75. The summed E-state index contributed by atoms with van der Waals surface area (Å²) in [6, 6.07) is 12.2. The van der Waals surface area contributed by atoms with Crippen LogP contribution in [0.4, 0.5) is 28.8 Å². The number of aromatic nitrogens is 2. The molecule has 3 aromatic rings. The molecule has 0 bridgehead atoms. The Bertz CT molecular complexity index is 1300. The van der Waals surface area contributed by atoms with E-state index in [2.05, 4.69) is 25.9 Å². The van der Waals surface area contributed by atoms with Crippen LogP contribution in [0.15, 0.2) is 53.3 Å². The van der Waals surface area contributed by atoms with Gasteiger partial charge in [-0.3, -0.25) is 29.5 Å². The van der Waals surface area contributed by atoms with E-state index in [1.54, 1.807) is 24.3 Å². The molecule has 0 unspecified atom stereocenters. The molecule has 0 fully saturated rings. The van der Waals surface area contributed by atoms with E-state index in [9.17, 15) is 24.5 Å². The molecule has 0 saturated carbocycles. The van der Waals surface area contributed by atoms with E-state index in [0.717, 1.165) is 0 Å². The molecule has 12 nitrogen and oxygen atoms in total. The summed E-state index contributed by atoms with van der Waals surface area (Å²) in [6.45, 7) is 0. The lowest BCUT2D eigenvalue weighted by Gasteiger charge is -2.23. The molecular weight excluding hydrogens is 432 g/mol. The number of anilines is 4. The molecule has 168 valence electrons. The number of ether oxygens (including phenoxy) is 1. The van der Waals surface area contributed by atoms with E-state index < -0.39 is 28.2 Å². The SMILES string of the molecule is COc1ccccc1Nc1nc2c(c(=O)[nH]1)[C@H](C(=O)Nc1ccc([N+](=O)[O-])cc1)CC(=O)N2. The summed E-state index contributed by atoms with van der Waals surface area (Å²) in [4.78, 5) is 55.0. The highest BCUT2D eigenvalue weighted by Gasteiger charge is 2.35. The summed E-state index contributed by atoms with van der Waals surface area (Å²) < 4.78 is 5.26. The minimum Gasteiger partial charge on any atom is -0.495 e. The number of para-hydroxylation sites is 2. The summed E-state index contributed by atoms with van der Waals surface area (Å²) >= 11 is 0. The molecule has 1 aliphatic rings. The van der Waals surface area contributed by atoms with Crippen molar-refractivity contribution >= 4 is 40.6 Å². The van der Waals surface area contributed by atoms with Crippen molar-refractivity contribution in [1.29, 1.82) is 0 Å². The van der Waals surface area contributed by atoms with E-state index in [-0.39, 0.29) is 35.1 Å². The number of rotatable bonds is 6. The maximum absolute atomic E-state index is 12.9. The summed E-state index contributed by atoms with van der Waals surface area (Å²) in [7, 11) is 1.50. The molecule has 33 heavy (non-hydrogen) atoms. The quantitative estimate of drug-likeness (QED) is 0.328. The Kier molecular flexibility index (Phi) is 5.72. The Balaban J connectivity index is 1.61. The third-order valence-electron chi connectivity index (χ3n) is 4.97. The average molecular weight is 450 g/mol. The molecule has 1 aliphatic heterocycles. The van der Waals surface area contributed by atoms with Crippen molar-refractivity contribution in [2.45, 2.75) is 12.3 Å². The molecule has 0 spiro atoms. The van der Waals surface area contributed by atoms with Gasteiger partial charge in [0.15, 0.2) is 0 Å². The van der Waals surface area contributed by atoms with Crippen LogP contribution < -0.4 is 26.2 Å². The van der Waals surface area contributed by atoms with Crippen LogP contribution in [0, 0.1) is 10.1 Å². The van der Waals surface area contributed by atoms with E-state index in [1.807, 2.05) is 0 Å². The van der Waals surface area contributed by atoms with Crippen LogP contribution >= 0.6 is 0 Å². The highest BCUT2D eigenvalue weighted by Crippen LogP contribution is 2.31. The highest BCUT2D eigenvalue weighted by atomic mass is 16.6. The molecular formula is C21H18N6O6. The van der Waals surface area contributed by atoms with Crippen LogP contribution in [0.3, 0.4) is 0 Å². The number of nitrogens with zero attached hydrogens (tertiary/aromatic N) is 2. The van der Waals surface area contributed by atoms with E-state index in [1.165, 1.54) is 31.4 Å². The second-order valence-electron chi connectivity index (χ2n) is 7.10. The van der Waals surface area contributed by atoms with E-state index in [4.69, 9.17) is 4.74 Å². The summed E-state index contributed by atoms with van der Waals surface area (Å²) in [5.74, 6) is -1.65. The Labute approximate surface area is 186 Å². The fraction of sp³-hybridized carbons (Fsp3) is 0.143. The molecule has 4 rings (SSSR count). The number of non-ortho nitro benzene ring substituents is 1. The van der Waals surface area contributed by atoms with Gasteiger partial charge in [0.05, 0.1) is 29.2 Å². The minimum atomic E-state index is -1.10. The number of hydrogen-bond acceptors (Lipinski definition) is 8. The number of nitro benzene ring substituents is 1. The predicted octanol–water partition coefficient (Wildman–Crippen LogP) is 2.49. The van der Waals surface area contributed by atoms with Gasteiger partial charge in [-0.05, 0) is 24.3 Å². The van der Waals surface area contributed by atoms with Crippen molar-refractivity contribution in [2.75, 3.05) is 23.1 Å². The maximum atomic E-state index is 12.9. The monoisotopic (exact) mass is 450 g/mol. The normalized spacial score (nSPS) is 14.6. The smallest absolute Gasteiger partial charge is 0.269 e. The van der Waals surface area contributed by atoms with Gasteiger partial charge in [-0.25, -0.2) is 0 Å². The lowest BCUT2D eigenvalue weighted by Crippen LogP contribution is -2.36. The van der Waals surface area contributed by atoms with E-state index in [0.29, 0.717) is 11.4 Å². The molecule has 0 radical (unpaired) electrons. The number of hydrogen-bond donors (Lipinski definition) is 4. The zero-order chi connectivity index (χ0) is 23.5. The number of carbonyl (C=O) groups is 2. The fourth-order valence-corrected chi connectivity index (χ4v) is 3.43. The van der Waals surface area contributed by atoms with Gasteiger partial charge >= 0.3 is 0 Å². The van der Waals surface area contributed by atoms with Gasteiger partial charge in [0.25, 0.3) is 11.2 Å². The Morgan fingerprint density at radius 2 is 1.91 bits per heavy atom. The standard InChI is InChI=1S/C21H18N6O6/c1-33-15-5-3-2-4-14(15)23-21-25-18-17(20(30)26-21)13(10-16(28)24-18)19(29)22-11-6-8-12(9-7-11)27(31)32/h2-9,13H,10H2,1H3,(H,22,29)(H3,23,24,25,26,28,30)/t13-/m1/s1. The first-order chi connectivity index (χ1) is 15.9. The summed E-state index contributed by atoms with van der Waals surface area (Å²) in [5, 5.41) is 18.8. The van der Waals surface area contributed by atoms with Crippen LogP contribution in [-0.4, -0.2) is 33.8 Å². The molecule has 2 amide bonds. The number of fused-ring (bicyclic) bond motifs is 1. The molecule has 4 N–H and O–H groups in total. The van der Waals surface area contributed by atoms with Gasteiger partial charge in [0.2, 0.25) is 17.8 Å². The van der Waals surface area contributed by atoms with Crippen LogP contribution in [0.25, 0.3) is 0 Å². The number of benzene rings is 2. The number of carbonyl (C=O) groups excluding carboxylic acids is 2.